The number of hydrogen-bond acceptors (Lipinski definition) is 12. The Bertz CT molecular complexity index is 1680. The highest BCUT2D eigenvalue weighted by atomic mass is 31.2. The van der Waals surface area contributed by atoms with Gasteiger partial charge in [-0.05, 0) is 33.8 Å². The molecular weight excluding hydrogens is 608 g/mol. The molecule has 6 atom stereocenters. The molecule has 2 unspecified atom stereocenters. The zero-order valence-corrected chi connectivity index (χ0v) is 25.4. The Morgan fingerprint density at radius 3 is 2.64 bits per heavy atom. The Kier molecular flexibility index (Phi) is 9.80. The number of para-hydroxylation sites is 1. The quantitative estimate of drug-likeness (QED) is 0.192. The number of aliphatic hydroxyl groups excluding tert-OH is 1. The number of carbonyl (C=O) groups excluding carboxylic acids is 2. The van der Waals surface area contributed by atoms with Crippen molar-refractivity contribution in [3.8, 4) is 5.75 Å². The molecule has 1 aromatic carbocycles. The summed E-state index contributed by atoms with van der Waals surface area (Å²) in [6.45, 7) is 4.84. The third-order valence-electron chi connectivity index (χ3n) is 6.71. The van der Waals surface area contributed by atoms with Gasteiger partial charge in [0.15, 0.2) is 23.2 Å². The number of benzene rings is 1. The Hall–Kier alpha value is -3.82. The minimum atomic E-state index is -4.58. The number of alkyl halides is 1. The number of furan rings is 1. The molecule has 15 nitrogen and oxygen atoms in total. The van der Waals surface area contributed by atoms with Crippen LogP contribution in [0.5, 0.6) is 5.75 Å². The van der Waals surface area contributed by atoms with Gasteiger partial charge in [0.25, 0.3) is 5.56 Å². The highest BCUT2D eigenvalue weighted by Crippen LogP contribution is 2.49. The number of rotatable bonds is 12. The average Bonchev–Trinajstić information content (AvgIpc) is 3.45. The molecule has 3 heterocycles. The molecule has 1 aliphatic heterocycles. The SMILES string of the molecule is COC(=O)Cc1coc2c(OP(=O)(NC(C)C(=O)OC(C)C)OC[C@H]3O[C@@H](n4ccc(=O)[nH]c4=O)[C@](C)(F)[C@@H]3O)cccc12. The van der Waals surface area contributed by atoms with Gasteiger partial charge in [0.05, 0.1) is 32.5 Å². The van der Waals surface area contributed by atoms with Crippen LogP contribution < -0.4 is 20.9 Å². The summed E-state index contributed by atoms with van der Waals surface area (Å²) in [6, 6.07) is 4.32. The van der Waals surface area contributed by atoms with Crippen molar-refractivity contribution < 1.29 is 51.3 Å². The number of esters is 2. The third kappa shape index (κ3) is 7.11. The fraction of sp³-hybridized carbons (Fsp3) is 0.481. The maximum Gasteiger partial charge on any atom is 0.459 e. The second-order valence-corrected chi connectivity index (χ2v) is 12.2. The molecule has 3 N–H and O–H groups in total. The molecule has 1 fully saturated rings. The van der Waals surface area contributed by atoms with E-state index >= 15 is 4.39 Å². The molecule has 4 rings (SSSR count). The summed E-state index contributed by atoms with van der Waals surface area (Å²) in [5.74, 6) is -1.40. The molecule has 1 aliphatic rings. The molecule has 0 radical (unpaired) electrons. The summed E-state index contributed by atoms with van der Waals surface area (Å²) < 4.78 is 62.9. The molecule has 0 bridgehead atoms. The fourth-order valence-electron chi connectivity index (χ4n) is 4.50. The van der Waals surface area contributed by atoms with Crippen LogP contribution in [0, 0.1) is 0 Å². The van der Waals surface area contributed by atoms with Gasteiger partial charge in [-0.1, -0.05) is 12.1 Å². The van der Waals surface area contributed by atoms with E-state index in [9.17, 15) is 28.8 Å². The summed E-state index contributed by atoms with van der Waals surface area (Å²) in [4.78, 5) is 50.1. The molecule has 2 aromatic heterocycles. The molecule has 17 heteroatoms. The van der Waals surface area contributed by atoms with Gasteiger partial charge in [0.2, 0.25) is 0 Å². The van der Waals surface area contributed by atoms with Crippen molar-refractivity contribution >= 4 is 30.7 Å². The van der Waals surface area contributed by atoms with Gasteiger partial charge in [-0.25, -0.2) is 13.8 Å². The van der Waals surface area contributed by atoms with E-state index in [1.807, 2.05) is 4.98 Å². The number of nitrogens with zero attached hydrogens (tertiary/aromatic N) is 1. The van der Waals surface area contributed by atoms with E-state index in [2.05, 4.69) is 5.09 Å². The number of aromatic amines is 1. The molecule has 44 heavy (non-hydrogen) atoms. The second kappa shape index (κ2) is 13.0. The van der Waals surface area contributed by atoms with E-state index in [0.717, 1.165) is 23.8 Å². The van der Waals surface area contributed by atoms with Crippen LogP contribution in [-0.4, -0.2) is 70.3 Å². The van der Waals surface area contributed by atoms with Crippen molar-refractivity contribution in [2.45, 2.75) is 70.4 Å². The van der Waals surface area contributed by atoms with E-state index < -0.39 is 73.8 Å². The highest BCUT2D eigenvalue weighted by Gasteiger charge is 2.56. The van der Waals surface area contributed by atoms with Crippen molar-refractivity contribution in [3.63, 3.8) is 0 Å². The van der Waals surface area contributed by atoms with Crippen LogP contribution in [0.25, 0.3) is 11.0 Å². The molecule has 0 spiro atoms. The average molecular weight is 642 g/mol. The first-order valence-corrected chi connectivity index (χ1v) is 15.0. The number of aliphatic hydroxyl groups is 1. The molecular formula is C27H33FN3O12P. The van der Waals surface area contributed by atoms with Crippen LogP contribution in [0.15, 0.2) is 50.7 Å². The van der Waals surface area contributed by atoms with Crippen LogP contribution in [0.1, 0.15) is 39.5 Å². The van der Waals surface area contributed by atoms with Crippen LogP contribution in [0.3, 0.4) is 0 Å². The van der Waals surface area contributed by atoms with Gasteiger partial charge in [-0.15, -0.1) is 0 Å². The lowest BCUT2D eigenvalue weighted by Crippen LogP contribution is -2.43. The van der Waals surface area contributed by atoms with E-state index in [1.165, 1.54) is 26.4 Å². The van der Waals surface area contributed by atoms with E-state index in [0.29, 0.717) is 10.9 Å². The van der Waals surface area contributed by atoms with E-state index in [4.69, 9.17) is 27.7 Å². The third-order valence-corrected chi connectivity index (χ3v) is 8.34. The van der Waals surface area contributed by atoms with Gasteiger partial charge < -0.3 is 28.3 Å². The number of carbonyl (C=O) groups is 2. The predicted octanol–water partition coefficient (Wildman–Crippen LogP) is 2.12. The van der Waals surface area contributed by atoms with Crippen molar-refractivity contribution in [2.24, 2.45) is 0 Å². The second-order valence-electron chi connectivity index (χ2n) is 10.5. The lowest BCUT2D eigenvalue weighted by atomic mass is 9.98. The van der Waals surface area contributed by atoms with Gasteiger partial charge >= 0.3 is 25.4 Å². The topological polar surface area (TPSA) is 198 Å². The summed E-state index contributed by atoms with van der Waals surface area (Å²) in [5.41, 5.74) is -3.70. The number of halogens is 1. The van der Waals surface area contributed by atoms with Gasteiger partial charge in [0, 0.05) is 23.2 Å². The fourth-order valence-corrected chi connectivity index (χ4v) is 6.00. The molecule has 240 valence electrons. The Morgan fingerprint density at radius 2 is 1.98 bits per heavy atom. The number of fused-ring (bicyclic) bond motifs is 1. The first-order chi connectivity index (χ1) is 20.6. The van der Waals surface area contributed by atoms with E-state index in [1.54, 1.807) is 26.0 Å². The number of ether oxygens (including phenoxy) is 3. The number of nitrogens with one attached hydrogen (secondary N) is 2. The van der Waals surface area contributed by atoms with Crippen molar-refractivity contribution in [1.82, 2.24) is 14.6 Å². The minimum Gasteiger partial charge on any atom is -0.469 e. The van der Waals surface area contributed by atoms with Gasteiger partial charge in [-0.2, -0.15) is 5.09 Å². The lowest BCUT2D eigenvalue weighted by molar-refractivity contribution is -0.149. The number of H-pyrrole nitrogens is 1. The molecule has 0 amide bonds. The standard InChI is InChI=1S/C27H33FN3O12P/c1-14(2)41-24(35)15(3)30-44(37,43-18-8-6-7-17-16(11-21(33)38-5)12-39-22(17)18)40-13-19-23(34)27(4,28)25(42-19)31-10-9-20(32)29-26(31)36/h6-10,12,14-15,19,23,25,34H,11,13H2,1-5H3,(H,30,37)(H,29,32,36)/t15?,19-,23-,25-,27-,44?/m1/s1. The lowest BCUT2D eigenvalue weighted by Gasteiger charge is -2.25. The molecule has 0 aliphatic carbocycles. The first kappa shape index (κ1) is 33.1. The Balaban J connectivity index is 1.62. The van der Waals surface area contributed by atoms with Crippen molar-refractivity contribution in [1.29, 1.82) is 0 Å². The maximum absolute atomic E-state index is 15.7. The largest absolute Gasteiger partial charge is 0.469 e. The van der Waals surface area contributed by atoms with Crippen LogP contribution in [0.2, 0.25) is 0 Å². The Labute approximate surface area is 249 Å². The molecule has 0 saturated carbocycles. The van der Waals surface area contributed by atoms with Gasteiger partial charge in [0.1, 0.15) is 18.2 Å². The number of aromatic nitrogens is 2. The van der Waals surface area contributed by atoms with Crippen LogP contribution in [0.4, 0.5) is 4.39 Å². The van der Waals surface area contributed by atoms with Crippen LogP contribution in [-0.2, 0) is 39.3 Å². The minimum absolute atomic E-state index is 0.0974. The molecule has 3 aromatic rings. The first-order valence-electron chi connectivity index (χ1n) is 13.5. The van der Waals surface area contributed by atoms with Crippen molar-refractivity contribution in [2.75, 3.05) is 13.7 Å². The highest BCUT2D eigenvalue weighted by molar-refractivity contribution is 7.52. The monoisotopic (exact) mass is 641 g/mol. The normalized spacial score (nSPS) is 23.8. The zero-order chi connectivity index (χ0) is 32.4. The summed E-state index contributed by atoms with van der Waals surface area (Å²) in [6.07, 6.45) is -3.36. The predicted molar refractivity (Wildman–Crippen MR) is 151 cm³/mol. The zero-order valence-electron chi connectivity index (χ0n) is 24.5. The smallest absolute Gasteiger partial charge is 0.459 e. The van der Waals surface area contributed by atoms with Crippen LogP contribution >= 0.6 is 7.75 Å². The summed E-state index contributed by atoms with van der Waals surface area (Å²) >= 11 is 0. The number of methoxy groups -OCH3 is 1. The summed E-state index contributed by atoms with van der Waals surface area (Å²) in [7, 11) is -3.35. The Morgan fingerprint density at radius 1 is 1.25 bits per heavy atom. The molecule has 1 saturated heterocycles. The summed E-state index contributed by atoms with van der Waals surface area (Å²) in [5, 5.41) is 13.7. The maximum atomic E-state index is 15.7. The van der Waals surface area contributed by atoms with Crippen molar-refractivity contribution in [3.05, 3.63) is 63.1 Å². The van der Waals surface area contributed by atoms with E-state index in [-0.39, 0.29) is 17.8 Å². The van der Waals surface area contributed by atoms with Gasteiger partial charge in [-0.3, -0.25) is 28.5 Å². The number of hydrogen-bond donors (Lipinski definition) is 3.